The number of carbonyl (C=O) groups excluding carboxylic acids is 1. The molecule has 5 atom stereocenters. The van der Waals surface area contributed by atoms with Crippen molar-refractivity contribution in [2.75, 3.05) is 0 Å². The number of aliphatic hydroxyl groups is 2. The minimum atomic E-state index is -0.743. The molecule has 2 N–H and O–H groups in total. The van der Waals surface area contributed by atoms with E-state index in [1.54, 1.807) is 6.08 Å². The Hall–Kier alpha value is -1.39. The average Bonchev–Trinajstić information content (AvgIpc) is 2.83. The number of aliphatic hydroxyl groups excluding tert-OH is 2. The lowest BCUT2D eigenvalue weighted by Crippen LogP contribution is -2.22. The predicted molar refractivity (Wildman–Crippen MR) is 80.4 cm³/mol. The summed E-state index contributed by atoms with van der Waals surface area (Å²) >= 11 is 0. The lowest BCUT2D eigenvalue weighted by atomic mass is 9.90. The molecule has 1 saturated carbocycles. The molecule has 0 unspecified atom stereocenters. The van der Waals surface area contributed by atoms with E-state index in [9.17, 15) is 15.0 Å². The molecule has 2 aliphatic rings. The molecule has 21 heavy (non-hydrogen) atoms. The molecular formula is C17H24O4. The van der Waals surface area contributed by atoms with Crippen LogP contribution in [0, 0.1) is 11.8 Å². The van der Waals surface area contributed by atoms with Gasteiger partial charge < -0.3 is 14.9 Å². The molecule has 0 spiro atoms. The van der Waals surface area contributed by atoms with Crippen molar-refractivity contribution in [1.29, 1.82) is 0 Å². The fraction of sp³-hybridized carbons (Fsp3) is 0.588. The third kappa shape index (κ3) is 4.55. The van der Waals surface area contributed by atoms with Crippen LogP contribution in [0.4, 0.5) is 0 Å². The molecular weight excluding hydrogens is 268 g/mol. The predicted octanol–water partition coefficient (Wildman–Crippen LogP) is 2.13. The van der Waals surface area contributed by atoms with Crippen LogP contribution in [0.2, 0.25) is 0 Å². The van der Waals surface area contributed by atoms with E-state index in [-0.39, 0.29) is 24.0 Å². The molecule has 0 aromatic heterocycles. The van der Waals surface area contributed by atoms with E-state index in [0.29, 0.717) is 12.8 Å². The number of ether oxygens (including phenoxy) is 1. The Morgan fingerprint density at radius 3 is 2.86 bits per heavy atom. The van der Waals surface area contributed by atoms with E-state index >= 15 is 0 Å². The van der Waals surface area contributed by atoms with Gasteiger partial charge in [0.05, 0.1) is 12.2 Å². The zero-order valence-corrected chi connectivity index (χ0v) is 12.2. The SMILES string of the molecule is C=C[C@H]1CCC/C=C/[C@@H]2C[C@H](O)C[C@H]2[C@H](O)/C=C/C(=O)O1. The quantitative estimate of drug-likeness (QED) is 0.574. The smallest absolute Gasteiger partial charge is 0.331 e. The van der Waals surface area contributed by atoms with Gasteiger partial charge in [-0.1, -0.05) is 24.8 Å². The van der Waals surface area contributed by atoms with Gasteiger partial charge >= 0.3 is 5.97 Å². The van der Waals surface area contributed by atoms with Gasteiger partial charge in [-0.3, -0.25) is 0 Å². The van der Waals surface area contributed by atoms with Crippen molar-refractivity contribution in [3.63, 3.8) is 0 Å². The van der Waals surface area contributed by atoms with Gasteiger partial charge in [-0.25, -0.2) is 4.79 Å². The van der Waals surface area contributed by atoms with E-state index in [0.717, 1.165) is 19.3 Å². The van der Waals surface area contributed by atoms with Crippen LogP contribution < -0.4 is 0 Å². The molecule has 0 aromatic rings. The second-order valence-electron chi connectivity index (χ2n) is 5.87. The fourth-order valence-electron chi connectivity index (χ4n) is 3.13. The lowest BCUT2D eigenvalue weighted by molar-refractivity contribution is -0.141. The largest absolute Gasteiger partial charge is 0.455 e. The zero-order chi connectivity index (χ0) is 15.2. The molecule has 2 rings (SSSR count). The lowest BCUT2D eigenvalue weighted by Gasteiger charge is -2.19. The second-order valence-corrected chi connectivity index (χ2v) is 5.87. The molecule has 0 bridgehead atoms. The molecule has 1 fully saturated rings. The summed E-state index contributed by atoms with van der Waals surface area (Å²) in [6.07, 6.45) is 11.0. The highest BCUT2D eigenvalue weighted by Gasteiger charge is 2.35. The topological polar surface area (TPSA) is 66.8 Å². The maximum atomic E-state index is 11.7. The van der Waals surface area contributed by atoms with Crippen molar-refractivity contribution in [3.8, 4) is 0 Å². The molecule has 0 aromatic carbocycles. The summed E-state index contributed by atoms with van der Waals surface area (Å²) in [4.78, 5) is 11.7. The van der Waals surface area contributed by atoms with Gasteiger partial charge in [0.15, 0.2) is 0 Å². The molecule has 1 aliphatic heterocycles. The van der Waals surface area contributed by atoms with Gasteiger partial charge in [-0.2, -0.15) is 0 Å². The van der Waals surface area contributed by atoms with Crippen LogP contribution in [0.15, 0.2) is 37.0 Å². The Bertz CT molecular complexity index is 427. The molecule has 4 nitrogen and oxygen atoms in total. The Morgan fingerprint density at radius 1 is 1.29 bits per heavy atom. The van der Waals surface area contributed by atoms with Crippen molar-refractivity contribution >= 4 is 5.97 Å². The third-order valence-corrected chi connectivity index (χ3v) is 4.28. The Morgan fingerprint density at radius 2 is 2.10 bits per heavy atom. The summed E-state index contributed by atoms with van der Waals surface area (Å²) in [5.41, 5.74) is 0. The first-order valence-electron chi connectivity index (χ1n) is 7.64. The summed E-state index contributed by atoms with van der Waals surface area (Å²) < 4.78 is 5.27. The second kappa shape index (κ2) is 7.57. The molecule has 1 heterocycles. The van der Waals surface area contributed by atoms with Crippen LogP contribution in [0.1, 0.15) is 32.1 Å². The van der Waals surface area contributed by atoms with E-state index < -0.39 is 12.1 Å². The Balaban J connectivity index is 2.12. The first-order valence-corrected chi connectivity index (χ1v) is 7.64. The number of fused-ring (bicyclic) bond motifs is 1. The molecule has 0 saturated heterocycles. The average molecular weight is 292 g/mol. The molecule has 0 amide bonds. The van der Waals surface area contributed by atoms with E-state index in [1.165, 1.54) is 12.2 Å². The van der Waals surface area contributed by atoms with E-state index in [1.807, 2.05) is 0 Å². The third-order valence-electron chi connectivity index (χ3n) is 4.28. The van der Waals surface area contributed by atoms with Crippen LogP contribution in [0.25, 0.3) is 0 Å². The van der Waals surface area contributed by atoms with Crippen molar-refractivity contribution in [2.45, 2.75) is 50.4 Å². The van der Waals surface area contributed by atoms with Gasteiger partial charge in [0.2, 0.25) is 0 Å². The normalized spacial score (nSPS) is 40.9. The van der Waals surface area contributed by atoms with Gasteiger partial charge in [-0.15, -0.1) is 0 Å². The maximum Gasteiger partial charge on any atom is 0.331 e. The molecule has 0 radical (unpaired) electrons. The first-order chi connectivity index (χ1) is 10.1. The van der Waals surface area contributed by atoms with Crippen molar-refractivity contribution in [1.82, 2.24) is 0 Å². The van der Waals surface area contributed by atoms with Crippen LogP contribution >= 0.6 is 0 Å². The number of allylic oxidation sites excluding steroid dienone is 2. The Kier molecular flexibility index (Phi) is 5.76. The monoisotopic (exact) mass is 292 g/mol. The van der Waals surface area contributed by atoms with Crippen LogP contribution in [-0.2, 0) is 9.53 Å². The van der Waals surface area contributed by atoms with Gasteiger partial charge in [0.1, 0.15) is 6.10 Å². The highest BCUT2D eigenvalue weighted by atomic mass is 16.5. The zero-order valence-electron chi connectivity index (χ0n) is 12.2. The number of rotatable bonds is 1. The molecule has 116 valence electrons. The first kappa shape index (κ1) is 16.0. The standard InChI is InChI=1S/C17H24O4/c1-2-14-7-5-3-4-6-12-10-13(18)11-15(12)16(19)8-9-17(20)21-14/h2,4,6,8-9,12-16,18-19H,1,3,5,7,10-11H2/b6-4+,9-8+/t12-,13+,14+,15-,16-/m1/s1. The molecule has 4 heteroatoms. The number of hydrogen-bond donors (Lipinski definition) is 2. The van der Waals surface area contributed by atoms with Gasteiger partial charge in [0, 0.05) is 6.08 Å². The highest BCUT2D eigenvalue weighted by Crippen LogP contribution is 2.36. The van der Waals surface area contributed by atoms with Crippen LogP contribution in [0.5, 0.6) is 0 Å². The number of carbonyl (C=O) groups is 1. The van der Waals surface area contributed by atoms with E-state index in [4.69, 9.17) is 4.74 Å². The minimum absolute atomic E-state index is 0.0451. The Labute approximate surface area is 125 Å². The van der Waals surface area contributed by atoms with Gasteiger partial charge in [0.25, 0.3) is 0 Å². The van der Waals surface area contributed by atoms with Crippen LogP contribution in [0.3, 0.4) is 0 Å². The summed E-state index contributed by atoms with van der Waals surface area (Å²) in [7, 11) is 0. The van der Waals surface area contributed by atoms with Gasteiger partial charge in [-0.05, 0) is 50.0 Å². The van der Waals surface area contributed by atoms with Crippen molar-refractivity contribution in [2.24, 2.45) is 11.8 Å². The minimum Gasteiger partial charge on any atom is -0.455 e. The van der Waals surface area contributed by atoms with Crippen LogP contribution in [-0.4, -0.2) is 34.5 Å². The fourth-order valence-corrected chi connectivity index (χ4v) is 3.13. The summed E-state index contributed by atoms with van der Waals surface area (Å²) in [6, 6.07) is 0. The summed E-state index contributed by atoms with van der Waals surface area (Å²) in [6.45, 7) is 3.68. The maximum absolute atomic E-state index is 11.7. The van der Waals surface area contributed by atoms with Crippen molar-refractivity contribution in [3.05, 3.63) is 37.0 Å². The van der Waals surface area contributed by atoms with Crippen molar-refractivity contribution < 1.29 is 19.7 Å². The number of esters is 1. The summed E-state index contributed by atoms with van der Waals surface area (Å²) in [5.74, 6) is -0.343. The summed E-state index contributed by atoms with van der Waals surface area (Å²) in [5, 5.41) is 20.0. The number of hydrogen-bond acceptors (Lipinski definition) is 4. The molecule has 1 aliphatic carbocycles. The van der Waals surface area contributed by atoms with E-state index in [2.05, 4.69) is 18.7 Å². The highest BCUT2D eigenvalue weighted by molar-refractivity contribution is 5.82. The number of cyclic esters (lactones) is 1.